The minimum atomic E-state index is -0.182. The van der Waals surface area contributed by atoms with Crippen LogP contribution < -0.4 is 10.2 Å². The van der Waals surface area contributed by atoms with Crippen LogP contribution in [0.4, 0.5) is 5.69 Å². The first-order chi connectivity index (χ1) is 12.2. The lowest BCUT2D eigenvalue weighted by atomic mass is 10.1. The van der Waals surface area contributed by atoms with E-state index in [4.69, 9.17) is 0 Å². The first kappa shape index (κ1) is 17.0. The van der Waals surface area contributed by atoms with Crippen LogP contribution in [0, 0.1) is 6.92 Å². The van der Waals surface area contributed by atoms with Crippen molar-refractivity contribution in [3.05, 3.63) is 59.4 Å². The van der Waals surface area contributed by atoms with Crippen LogP contribution in [0.1, 0.15) is 21.6 Å². The quantitative estimate of drug-likeness (QED) is 0.841. The molecule has 25 heavy (non-hydrogen) atoms. The van der Waals surface area contributed by atoms with Gasteiger partial charge in [0.15, 0.2) is 0 Å². The third kappa shape index (κ3) is 4.35. The highest BCUT2D eigenvalue weighted by Crippen LogP contribution is 2.15. The van der Waals surface area contributed by atoms with Crippen LogP contribution in [0.3, 0.4) is 0 Å². The number of hydrogen-bond donors (Lipinski definition) is 1. The molecule has 0 saturated carbocycles. The van der Waals surface area contributed by atoms with Crippen LogP contribution in [-0.2, 0) is 11.3 Å². The number of benzene rings is 1. The van der Waals surface area contributed by atoms with E-state index in [0.29, 0.717) is 25.3 Å². The lowest BCUT2D eigenvalue weighted by Crippen LogP contribution is -2.45. The molecule has 3 rings (SSSR count). The summed E-state index contributed by atoms with van der Waals surface area (Å²) in [5.41, 5.74) is 3.62. The number of pyridine rings is 1. The first-order valence-corrected chi connectivity index (χ1v) is 8.40. The van der Waals surface area contributed by atoms with Crippen molar-refractivity contribution in [3.63, 3.8) is 0 Å². The van der Waals surface area contributed by atoms with Crippen LogP contribution in [0.15, 0.2) is 42.6 Å². The molecular weight excluding hydrogens is 316 g/mol. The molecule has 1 saturated heterocycles. The number of rotatable bonds is 5. The Morgan fingerprint density at radius 3 is 2.64 bits per heavy atom. The first-order valence-electron chi connectivity index (χ1n) is 8.40. The second kappa shape index (κ2) is 7.79. The highest BCUT2D eigenvalue weighted by molar-refractivity contribution is 5.92. The fourth-order valence-corrected chi connectivity index (χ4v) is 2.89. The molecular formula is C19H22N4O2. The smallest absolute Gasteiger partial charge is 0.270 e. The number of anilines is 1. The molecule has 0 unspecified atom stereocenters. The molecule has 2 heterocycles. The maximum absolute atomic E-state index is 12.2. The van der Waals surface area contributed by atoms with E-state index in [1.165, 1.54) is 5.56 Å². The van der Waals surface area contributed by atoms with Gasteiger partial charge in [0.25, 0.3) is 5.91 Å². The molecule has 1 aliphatic rings. The largest absolute Gasteiger partial charge is 0.367 e. The van der Waals surface area contributed by atoms with Gasteiger partial charge in [0.1, 0.15) is 5.69 Å². The molecule has 0 bridgehead atoms. The molecule has 1 aromatic heterocycles. The average molecular weight is 338 g/mol. The number of amides is 2. The Morgan fingerprint density at radius 2 is 2.00 bits per heavy atom. The van der Waals surface area contributed by atoms with Crippen molar-refractivity contribution in [2.75, 3.05) is 31.1 Å². The summed E-state index contributed by atoms with van der Waals surface area (Å²) in [7, 11) is 0. The van der Waals surface area contributed by atoms with Crippen molar-refractivity contribution in [1.29, 1.82) is 0 Å². The molecule has 1 N–H and O–H groups in total. The molecule has 0 spiro atoms. The zero-order valence-electron chi connectivity index (χ0n) is 14.3. The van der Waals surface area contributed by atoms with E-state index in [2.05, 4.69) is 21.3 Å². The number of nitrogens with zero attached hydrogens (tertiary/aromatic N) is 3. The summed E-state index contributed by atoms with van der Waals surface area (Å²) in [6.07, 6.45) is 2.61. The Balaban J connectivity index is 1.56. The van der Waals surface area contributed by atoms with E-state index < -0.39 is 0 Å². The van der Waals surface area contributed by atoms with Gasteiger partial charge in [-0.1, -0.05) is 29.8 Å². The van der Waals surface area contributed by atoms with Gasteiger partial charge in [-0.2, -0.15) is 0 Å². The fourth-order valence-electron chi connectivity index (χ4n) is 2.89. The second-order valence-electron chi connectivity index (χ2n) is 6.20. The topological polar surface area (TPSA) is 65.5 Å². The van der Waals surface area contributed by atoms with Gasteiger partial charge in [-0.15, -0.1) is 0 Å². The number of nitrogens with one attached hydrogen (secondary N) is 1. The van der Waals surface area contributed by atoms with Gasteiger partial charge in [0.2, 0.25) is 6.41 Å². The van der Waals surface area contributed by atoms with Crippen LogP contribution in [0.25, 0.3) is 0 Å². The molecule has 6 nitrogen and oxygen atoms in total. The van der Waals surface area contributed by atoms with Crippen molar-refractivity contribution in [2.45, 2.75) is 13.5 Å². The van der Waals surface area contributed by atoms with Gasteiger partial charge in [-0.3, -0.25) is 9.59 Å². The van der Waals surface area contributed by atoms with Crippen molar-refractivity contribution < 1.29 is 9.59 Å². The molecule has 2 aromatic rings. The summed E-state index contributed by atoms with van der Waals surface area (Å²) < 4.78 is 0. The fraction of sp³-hybridized carbons (Fsp3) is 0.316. The molecule has 2 amide bonds. The van der Waals surface area contributed by atoms with Crippen molar-refractivity contribution >= 4 is 18.0 Å². The van der Waals surface area contributed by atoms with Gasteiger partial charge < -0.3 is 15.1 Å². The molecule has 1 fully saturated rings. The molecule has 0 aliphatic carbocycles. The number of carbonyl (C=O) groups is 2. The molecule has 6 heteroatoms. The number of aromatic nitrogens is 1. The highest BCUT2D eigenvalue weighted by atomic mass is 16.2. The van der Waals surface area contributed by atoms with Crippen molar-refractivity contribution in [3.8, 4) is 0 Å². The Kier molecular flexibility index (Phi) is 5.28. The zero-order valence-corrected chi connectivity index (χ0v) is 14.3. The third-order valence-electron chi connectivity index (χ3n) is 4.34. The van der Waals surface area contributed by atoms with Crippen LogP contribution in [-0.4, -0.2) is 48.4 Å². The van der Waals surface area contributed by atoms with Gasteiger partial charge >= 0.3 is 0 Å². The lowest BCUT2D eigenvalue weighted by molar-refractivity contribution is -0.118. The number of carbonyl (C=O) groups excluding carboxylic acids is 2. The van der Waals surface area contributed by atoms with Crippen molar-refractivity contribution in [1.82, 2.24) is 15.2 Å². The summed E-state index contributed by atoms with van der Waals surface area (Å²) in [6.45, 7) is 5.49. The van der Waals surface area contributed by atoms with Crippen LogP contribution in [0.5, 0.6) is 0 Å². The Labute approximate surface area is 147 Å². The standard InChI is InChI=1S/C19H22N4O2/c1-15-3-2-4-16(11-15)12-21-19(25)18-6-5-17(13-20-18)23-9-7-22(14-24)8-10-23/h2-6,11,13-14H,7-10,12H2,1H3,(H,21,25). The Hall–Kier alpha value is -2.89. The van der Waals surface area contributed by atoms with E-state index in [0.717, 1.165) is 30.8 Å². The van der Waals surface area contributed by atoms with E-state index in [-0.39, 0.29) is 5.91 Å². The van der Waals surface area contributed by atoms with E-state index >= 15 is 0 Å². The number of piperazine rings is 1. The molecule has 0 radical (unpaired) electrons. The maximum atomic E-state index is 12.2. The monoisotopic (exact) mass is 338 g/mol. The summed E-state index contributed by atoms with van der Waals surface area (Å²) in [4.78, 5) is 31.2. The maximum Gasteiger partial charge on any atom is 0.270 e. The summed E-state index contributed by atoms with van der Waals surface area (Å²) in [5.74, 6) is -0.182. The Bertz CT molecular complexity index is 737. The summed E-state index contributed by atoms with van der Waals surface area (Å²) in [5, 5.41) is 2.89. The molecule has 130 valence electrons. The van der Waals surface area contributed by atoms with E-state index in [9.17, 15) is 9.59 Å². The van der Waals surface area contributed by atoms with E-state index in [1.54, 1.807) is 17.2 Å². The van der Waals surface area contributed by atoms with Gasteiger partial charge in [0.05, 0.1) is 11.9 Å². The van der Waals surface area contributed by atoms with Crippen LogP contribution in [0.2, 0.25) is 0 Å². The summed E-state index contributed by atoms with van der Waals surface area (Å²) in [6, 6.07) is 11.7. The molecule has 0 atom stereocenters. The minimum absolute atomic E-state index is 0.182. The normalized spacial score (nSPS) is 14.3. The number of aryl methyl sites for hydroxylation is 1. The molecule has 1 aromatic carbocycles. The van der Waals surface area contributed by atoms with Gasteiger partial charge in [0, 0.05) is 32.7 Å². The summed E-state index contributed by atoms with van der Waals surface area (Å²) >= 11 is 0. The van der Waals surface area contributed by atoms with Crippen LogP contribution >= 0.6 is 0 Å². The lowest BCUT2D eigenvalue weighted by Gasteiger charge is -2.33. The Morgan fingerprint density at radius 1 is 1.20 bits per heavy atom. The van der Waals surface area contributed by atoms with Gasteiger partial charge in [-0.05, 0) is 24.6 Å². The predicted octanol–water partition coefficient (Wildman–Crippen LogP) is 1.60. The zero-order chi connectivity index (χ0) is 17.6. The number of hydrogen-bond acceptors (Lipinski definition) is 4. The average Bonchev–Trinajstić information content (AvgIpc) is 2.66. The third-order valence-corrected chi connectivity index (χ3v) is 4.34. The predicted molar refractivity (Wildman–Crippen MR) is 96.4 cm³/mol. The van der Waals surface area contributed by atoms with E-state index in [1.807, 2.05) is 31.2 Å². The SMILES string of the molecule is Cc1cccc(CNC(=O)c2ccc(N3CCN(C=O)CC3)cn2)c1. The van der Waals surface area contributed by atoms with Gasteiger partial charge in [-0.25, -0.2) is 4.98 Å². The molecule has 1 aliphatic heterocycles. The highest BCUT2D eigenvalue weighted by Gasteiger charge is 2.16. The minimum Gasteiger partial charge on any atom is -0.367 e. The second-order valence-corrected chi connectivity index (χ2v) is 6.20. The van der Waals surface area contributed by atoms with Crippen molar-refractivity contribution in [2.24, 2.45) is 0 Å².